The molecule has 3 rings (SSSR count). The van der Waals surface area contributed by atoms with E-state index in [0.29, 0.717) is 6.04 Å². The Morgan fingerprint density at radius 3 is 2.77 bits per heavy atom. The smallest absolute Gasteiger partial charge is 0.269 e. The summed E-state index contributed by atoms with van der Waals surface area (Å²) in [5, 5.41) is 8.82. The van der Waals surface area contributed by atoms with Crippen LogP contribution in [0.4, 0.5) is 5.82 Å². The van der Waals surface area contributed by atoms with E-state index >= 15 is 0 Å². The van der Waals surface area contributed by atoms with E-state index in [1.807, 2.05) is 18.2 Å². The van der Waals surface area contributed by atoms with E-state index in [4.69, 9.17) is 17.3 Å². The molecule has 1 saturated heterocycles. The Bertz CT molecular complexity index is 674. The lowest BCUT2D eigenvalue weighted by Crippen LogP contribution is -2.32. The molecule has 2 aromatic rings. The zero-order chi connectivity index (χ0) is 15.5. The fourth-order valence-corrected chi connectivity index (χ4v) is 3.09. The molecular weight excluding hydrogens is 300 g/mol. The maximum atomic E-state index is 11.1. The highest BCUT2D eigenvalue weighted by atomic mass is 35.5. The Morgan fingerprint density at radius 1 is 1.27 bits per heavy atom. The fraction of sp³-hybridized carbons (Fsp3) is 0.312. The van der Waals surface area contributed by atoms with Crippen molar-refractivity contribution in [2.75, 3.05) is 11.4 Å². The molecule has 5 nitrogen and oxygen atoms in total. The average molecular weight is 317 g/mol. The Labute approximate surface area is 134 Å². The van der Waals surface area contributed by atoms with Crippen LogP contribution in [0.1, 0.15) is 28.9 Å². The van der Waals surface area contributed by atoms with Crippen LogP contribution in [-0.4, -0.2) is 28.7 Å². The van der Waals surface area contributed by atoms with Crippen molar-refractivity contribution in [3.05, 3.63) is 52.7 Å². The summed E-state index contributed by atoms with van der Waals surface area (Å²) in [6, 6.07) is 11.7. The van der Waals surface area contributed by atoms with Gasteiger partial charge >= 0.3 is 0 Å². The number of hydrogen-bond donors (Lipinski definition) is 1. The van der Waals surface area contributed by atoms with Crippen LogP contribution in [0, 0.1) is 0 Å². The van der Waals surface area contributed by atoms with Gasteiger partial charge in [0.15, 0.2) is 11.5 Å². The molecule has 0 aliphatic carbocycles. The van der Waals surface area contributed by atoms with E-state index < -0.39 is 5.91 Å². The SMILES string of the molecule is NC(=O)c1ccc(N2CCC[C@H]2Cc2ccccc2Cl)nn1. The van der Waals surface area contributed by atoms with Crippen LogP contribution in [0.25, 0.3) is 0 Å². The van der Waals surface area contributed by atoms with Crippen LogP contribution in [0.3, 0.4) is 0 Å². The van der Waals surface area contributed by atoms with Crippen LogP contribution in [-0.2, 0) is 6.42 Å². The Balaban J connectivity index is 1.78. The average Bonchev–Trinajstić information content (AvgIpc) is 2.98. The number of nitrogens with zero attached hydrogens (tertiary/aromatic N) is 3. The predicted octanol–water partition coefficient (Wildman–Crippen LogP) is 2.44. The molecule has 1 aliphatic rings. The largest absolute Gasteiger partial charge is 0.364 e. The van der Waals surface area contributed by atoms with Gasteiger partial charge in [0.1, 0.15) is 0 Å². The van der Waals surface area contributed by atoms with Gasteiger partial charge in [-0.3, -0.25) is 4.79 Å². The first-order chi connectivity index (χ1) is 10.6. The number of benzene rings is 1. The molecule has 1 fully saturated rings. The van der Waals surface area contributed by atoms with E-state index in [9.17, 15) is 4.79 Å². The summed E-state index contributed by atoms with van der Waals surface area (Å²) in [6.45, 7) is 0.930. The highest BCUT2D eigenvalue weighted by Gasteiger charge is 2.26. The van der Waals surface area contributed by atoms with Crippen molar-refractivity contribution in [3.8, 4) is 0 Å². The molecule has 0 radical (unpaired) electrons. The van der Waals surface area contributed by atoms with Crippen molar-refractivity contribution in [1.82, 2.24) is 10.2 Å². The first-order valence-corrected chi connectivity index (χ1v) is 7.66. The standard InChI is InChI=1S/C16H17ClN4O/c17-13-6-2-1-4-11(13)10-12-5-3-9-21(12)15-8-7-14(16(18)22)19-20-15/h1-2,4,6-8,12H,3,5,9-10H2,(H2,18,22)/t12-/m0/s1. The number of nitrogens with two attached hydrogens (primary N) is 1. The molecule has 114 valence electrons. The minimum absolute atomic E-state index is 0.186. The fourth-order valence-electron chi connectivity index (χ4n) is 2.88. The third-order valence-electron chi connectivity index (χ3n) is 3.99. The Hall–Kier alpha value is -2.14. The number of aromatic nitrogens is 2. The van der Waals surface area contributed by atoms with Crippen molar-refractivity contribution in [2.45, 2.75) is 25.3 Å². The number of anilines is 1. The van der Waals surface area contributed by atoms with Crippen molar-refractivity contribution in [1.29, 1.82) is 0 Å². The van der Waals surface area contributed by atoms with Crippen molar-refractivity contribution in [3.63, 3.8) is 0 Å². The van der Waals surface area contributed by atoms with Gasteiger partial charge in [0.05, 0.1) is 0 Å². The molecule has 1 aromatic heterocycles. The summed E-state index contributed by atoms with van der Waals surface area (Å²) in [6.07, 6.45) is 3.07. The zero-order valence-corrected chi connectivity index (χ0v) is 12.8. The molecule has 0 spiro atoms. The van der Waals surface area contributed by atoms with Crippen LogP contribution < -0.4 is 10.6 Å². The summed E-state index contributed by atoms with van der Waals surface area (Å²) in [7, 11) is 0. The van der Waals surface area contributed by atoms with Gasteiger partial charge in [-0.05, 0) is 43.0 Å². The molecule has 1 amide bonds. The molecule has 0 bridgehead atoms. The summed E-state index contributed by atoms with van der Waals surface area (Å²) >= 11 is 6.25. The number of hydrogen-bond acceptors (Lipinski definition) is 4. The maximum Gasteiger partial charge on any atom is 0.269 e. The third kappa shape index (κ3) is 3.04. The summed E-state index contributed by atoms with van der Waals surface area (Å²) < 4.78 is 0. The topological polar surface area (TPSA) is 72.1 Å². The van der Waals surface area contributed by atoms with E-state index in [1.54, 1.807) is 12.1 Å². The van der Waals surface area contributed by atoms with Gasteiger partial charge in [0, 0.05) is 17.6 Å². The summed E-state index contributed by atoms with van der Waals surface area (Å²) in [5.74, 6) is 0.215. The zero-order valence-electron chi connectivity index (χ0n) is 12.1. The molecule has 22 heavy (non-hydrogen) atoms. The van der Waals surface area contributed by atoms with Gasteiger partial charge in [0.2, 0.25) is 0 Å². The van der Waals surface area contributed by atoms with Crippen molar-refractivity contribution < 1.29 is 4.79 Å². The summed E-state index contributed by atoms with van der Waals surface area (Å²) in [4.78, 5) is 13.3. The second-order valence-corrected chi connectivity index (χ2v) is 5.83. The quantitative estimate of drug-likeness (QED) is 0.940. The summed E-state index contributed by atoms with van der Waals surface area (Å²) in [5.41, 5.74) is 6.52. The molecule has 0 saturated carbocycles. The lowest BCUT2D eigenvalue weighted by molar-refractivity contribution is 0.0994. The van der Waals surface area contributed by atoms with Crippen LogP contribution in [0.2, 0.25) is 5.02 Å². The number of carbonyl (C=O) groups is 1. The van der Waals surface area contributed by atoms with Gasteiger partial charge < -0.3 is 10.6 Å². The van der Waals surface area contributed by atoms with E-state index in [-0.39, 0.29) is 5.69 Å². The molecule has 1 aromatic carbocycles. The maximum absolute atomic E-state index is 11.1. The van der Waals surface area contributed by atoms with Crippen molar-refractivity contribution in [2.24, 2.45) is 5.73 Å². The normalized spacial score (nSPS) is 17.7. The van der Waals surface area contributed by atoms with Crippen molar-refractivity contribution >= 4 is 23.3 Å². The monoisotopic (exact) mass is 316 g/mol. The number of primary amides is 1. The Morgan fingerprint density at radius 2 is 2.09 bits per heavy atom. The highest BCUT2D eigenvalue weighted by Crippen LogP contribution is 2.28. The molecule has 2 heterocycles. The lowest BCUT2D eigenvalue weighted by Gasteiger charge is -2.25. The minimum Gasteiger partial charge on any atom is -0.364 e. The number of halogens is 1. The van der Waals surface area contributed by atoms with Gasteiger partial charge in [-0.1, -0.05) is 29.8 Å². The Kier molecular flexibility index (Phi) is 4.24. The first kappa shape index (κ1) is 14.8. The molecular formula is C16H17ClN4O. The number of rotatable bonds is 4. The van der Waals surface area contributed by atoms with Gasteiger partial charge in [0.25, 0.3) is 5.91 Å². The van der Waals surface area contributed by atoms with Gasteiger partial charge in [-0.2, -0.15) is 0 Å². The van der Waals surface area contributed by atoms with Crippen LogP contribution >= 0.6 is 11.6 Å². The van der Waals surface area contributed by atoms with E-state index in [2.05, 4.69) is 21.2 Å². The molecule has 2 N–H and O–H groups in total. The number of carbonyl (C=O) groups excluding carboxylic acids is 1. The van der Waals surface area contributed by atoms with Gasteiger partial charge in [-0.15, -0.1) is 10.2 Å². The predicted molar refractivity (Wildman–Crippen MR) is 86.1 cm³/mol. The molecule has 0 unspecified atom stereocenters. The lowest BCUT2D eigenvalue weighted by atomic mass is 10.0. The molecule has 1 aliphatic heterocycles. The number of amides is 1. The molecule has 1 atom stereocenters. The van der Waals surface area contributed by atoms with Gasteiger partial charge in [-0.25, -0.2) is 0 Å². The first-order valence-electron chi connectivity index (χ1n) is 7.29. The second-order valence-electron chi connectivity index (χ2n) is 5.43. The highest BCUT2D eigenvalue weighted by molar-refractivity contribution is 6.31. The second kappa shape index (κ2) is 6.32. The molecule has 6 heteroatoms. The van der Waals surface area contributed by atoms with E-state index in [0.717, 1.165) is 42.2 Å². The van der Waals surface area contributed by atoms with Crippen LogP contribution in [0.5, 0.6) is 0 Å². The van der Waals surface area contributed by atoms with E-state index in [1.165, 1.54) is 0 Å². The third-order valence-corrected chi connectivity index (χ3v) is 4.36. The minimum atomic E-state index is -0.562. The van der Waals surface area contributed by atoms with Crippen LogP contribution in [0.15, 0.2) is 36.4 Å².